The number of fused-ring (bicyclic) bond motifs is 1. The van der Waals surface area contributed by atoms with E-state index in [2.05, 4.69) is 25.6 Å². The summed E-state index contributed by atoms with van der Waals surface area (Å²) >= 11 is 0. The molecule has 178 valence electrons. The summed E-state index contributed by atoms with van der Waals surface area (Å²) in [5.41, 5.74) is 1.48. The maximum Gasteiger partial charge on any atom is 0.256 e. The lowest BCUT2D eigenvalue weighted by molar-refractivity contribution is -0.128. The van der Waals surface area contributed by atoms with Crippen LogP contribution in [0, 0.1) is 12.3 Å². The van der Waals surface area contributed by atoms with Gasteiger partial charge in [0.05, 0.1) is 16.7 Å². The van der Waals surface area contributed by atoms with Gasteiger partial charge in [-0.1, -0.05) is 12.1 Å². The molecule has 9 nitrogen and oxygen atoms in total. The summed E-state index contributed by atoms with van der Waals surface area (Å²) in [7, 11) is 0. The molecule has 3 N–H and O–H groups in total. The Balaban J connectivity index is 1.40. The number of aromatic nitrogens is 3. The number of nitrogens with zero attached hydrogens (tertiary/aromatic N) is 4. The predicted octanol–water partition coefficient (Wildman–Crippen LogP) is 2.62. The Bertz CT molecular complexity index is 1250. The van der Waals surface area contributed by atoms with Gasteiger partial charge in [0, 0.05) is 37.3 Å². The van der Waals surface area contributed by atoms with E-state index in [4.69, 9.17) is 0 Å². The van der Waals surface area contributed by atoms with Gasteiger partial charge in [-0.15, -0.1) is 0 Å². The van der Waals surface area contributed by atoms with Gasteiger partial charge in [0.1, 0.15) is 11.6 Å². The molecule has 2 aliphatic heterocycles. The number of carbonyl (C=O) groups excluding carboxylic acids is 2. The fraction of sp³-hybridized carbons (Fsp3) is 0.440. The molecular formula is C25H30N6O3. The Morgan fingerprint density at radius 1 is 1.15 bits per heavy atom. The van der Waals surface area contributed by atoms with Crippen LogP contribution < -0.4 is 15.5 Å². The second kappa shape index (κ2) is 8.09. The van der Waals surface area contributed by atoms with Crippen LogP contribution in [-0.2, 0) is 10.4 Å². The molecule has 0 bridgehead atoms. The van der Waals surface area contributed by atoms with Crippen molar-refractivity contribution in [1.29, 1.82) is 0 Å². The summed E-state index contributed by atoms with van der Waals surface area (Å²) in [5.74, 6) is 1.18. The minimum Gasteiger partial charge on any atom is -0.386 e. The van der Waals surface area contributed by atoms with Crippen LogP contribution in [0.15, 0.2) is 36.4 Å². The van der Waals surface area contributed by atoms with Crippen molar-refractivity contribution in [3.63, 3.8) is 0 Å². The molecule has 0 aliphatic carbocycles. The lowest BCUT2D eigenvalue weighted by atomic mass is 9.77. The molecule has 34 heavy (non-hydrogen) atoms. The van der Waals surface area contributed by atoms with Crippen LogP contribution in [0.1, 0.15) is 54.7 Å². The number of piperidine rings is 1. The average molecular weight is 463 g/mol. The highest BCUT2D eigenvalue weighted by Gasteiger charge is 2.44. The highest BCUT2D eigenvalue weighted by molar-refractivity contribution is 6.04. The van der Waals surface area contributed by atoms with Gasteiger partial charge >= 0.3 is 0 Å². The second-order valence-corrected chi connectivity index (χ2v) is 9.92. The van der Waals surface area contributed by atoms with Crippen molar-refractivity contribution in [2.75, 3.05) is 29.9 Å². The van der Waals surface area contributed by atoms with E-state index in [0.29, 0.717) is 17.0 Å². The number of aliphatic hydroxyl groups is 1. The van der Waals surface area contributed by atoms with E-state index in [-0.39, 0.29) is 17.2 Å². The molecule has 0 atom stereocenters. The van der Waals surface area contributed by atoms with Gasteiger partial charge in [0.25, 0.3) is 5.91 Å². The average Bonchev–Trinajstić information content (AvgIpc) is 3.35. The van der Waals surface area contributed by atoms with Crippen molar-refractivity contribution >= 4 is 29.1 Å². The number of carbonyl (C=O) groups is 2. The number of benzene rings is 1. The molecule has 2 aromatic heterocycles. The van der Waals surface area contributed by atoms with Crippen LogP contribution in [0.2, 0.25) is 0 Å². The van der Waals surface area contributed by atoms with Gasteiger partial charge < -0.3 is 20.6 Å². The van der Waals surface area contributed by atoms with E-state index in [0.717, 1.165) is 56.0 Å². The molecule has 2 saturated heterocycles. The monoisotopic (exact) mass is 462 g/mol. The number of rotatable bonds is 4. The van der Waals surface area contributed by atoms with Crippen LogP contribution in [0.4, 0.5) is 11.6 Å². The summed E-state index contributed by atoms with van der Waals surface area (Å²) in [4.78, 5) is 32.1. The number of hydrogen-bond acceptors (Lipinski definition) is 6. The van der Waals surface area contributed by atoms with Gasteiger partial charge in [0.2, 0.25) is 5.91 Å². The van der Waals surface area contributed by atoms with Crippen LogP contribution in [0.5, 0.6) is 0 Å². The SMILES string of the molecule is Cc1cc2nc(NC(=O)c3ccc(C(C)(C)O)cc3)cc(N3CCC4(CCNC4=O)CC3)n2n1. The molecule has 2 aliphatic rings. The maximum atomic E-state index is 12.9. The predicted molar refractivity (Wildman–Crippen MR) is 129 cm³/mol. The third-order valence-electron chi connectivity index (χ3n) is 7.04. The van der Waals surface area contributed by atoms with Gasteiger partial charge in [-0.2, -0.15) is 9.61 Å². The first kappa shape index (κ1) is 22.3. The van der Waals surface area contributed by atoms with Gasteiger partial charge in [-0.25, -0.2) is 4.98 Å². The largest absolute Gasteiger partial charge is 0.386 e. The van der Waals surface area contributed by atoms with Crippen LogP contribution in [0.3, 0.4) is 0 Å². The Labute approximate surface area is 198 Å². The third kappa shape index (κ3) is 4.00. The summed E-state index contributed by atoms with van der Waals surface area (Å²) < 4.78 is 1.80. The lowest BCUT2D eigenvalue weighted by Crippen LogP contribution is -2.44. The fourth-order valence-electron chi connectivity index (χ4n) is 4.94. The first-order valence-corrected chi connectivity index (χ1v) is 11.7. The summed E-state index contributed by atoms with van der Waals surface area (Å²) in [6.07, 6.45) is 2.47. The number of nitrogens with one attached hydrogen (secondary N) is 2. The second-order valence-electron chi connectivity index (χ2n) is 9.92. The number of amides is 2. The minimum atomic E-state index is -0.970. The van der Waals surface area contributed by atoms with Crippen LogP contribution in [-0.4, -0.2) is 51.2 Å². The van der Waals surface area contributed by atoms with E-state index in [1.54, 1.807) is 42.6 Å². The van der Waals surface area contributed by atoms with Crippen molar-refractivity contribution in [1.82, 2.24) is 19.9 Å². The first-order chi connectivity index (χ1) is 16.1. The molecule has 2 fully saturated rings. The number of aryl methyl sites for hydroxylation is 1. The summed E-state index contributed by atoms with van der Waals surface area (Å²) in [6, 6.07) is 10.6. The smallest absolute Gasteiger partial charge is 0.256 e. The maximum absolute atomic E-state index is 12.9. The Hall–Kier alpha value is -3.46. The molecule has 2 amide bonds. The van der Waals surface area contributed by atoms with Crippen LogP contribution in [0.25, 0.3) is 5.65 Å². The number of anilines is 2. The lowest BCUT2D eigenvalue weighted by Gasteiger charge is -2.38. The van der Waals surface area contributed by atoms with Gasteiger partial charge in [-0.3, -0.25) is 9.59 Å². The normalized spacial score (nSPS) is 17.9. The fourth-order valence-corrected chi connectivity index (χ4v) is 4.94. The van der Waals surface area contributed by atoms with Crippen LogP contribution >= 0.6 is 0 Å². The molecule has 0 radical (unpaired) electrons. The Kier molecular flexibility index (Phi) is 5.31. The zero-order valence-electron chi connectivity index (χ0n) is 19.8. The summed E-state index contributed by atoms with van der Waals surface area (Å²) in [6.45, 7) is 7.54. The van der Waals surface area contributed by atoms with Crippen molar-refractivity contribution in [3.8, 4) is 0 Å². The van der Waals surface area contributed by atoms with Crippen molar-refractivity contribution in [3.05, 3.63) is 53.2 Å². The highest BCUT2D eigenvalue weighted by atomic mass is 16.3. The molecule has 0 unspecified atom stereocenters. The van der Waals surface area contributed by atoms with E-state index < -0.39 is 5.60 Å². The van der Waals surface area contributed by atoms with E-state index in [9.17, 15) is 14.7 Å². The summed E-state index contributed by atoms with van der Waals surface area (Å²) in [5, 5.41) is 20.6. The van der Waals surface area contributed by atoms with E-state index in [1.807, 2.05) is 19.1 Å². The quantitative estimate of drug-likeness (QED) is 0.550. The Morgan fingerprint density at radius 2 is 1.85 bits per heavy atom. The molecular weight excluding hydrogens is 432 g/mol. The zero-order valence-corrected chi connectivity index (χ0v) is 19.8. The Morgan fingerprint density at radius 3 is 2.47 bits per heavy atom. The standard InChI is InChI=1S/C25H30N6O3/c1-16-14-20-27-19(28-22(32)17-4-6-18(7-5-17)24(2,3)34)15-21(31(20)29-16)30-12-9-25(10-13-30)8-11-26-23(25)33/h4-7,14-15,34H,8-13H2,1-3H3,(H,26,33)(H,27,28,32). The zero-order chi connectivity index (χ0) is 24.1. The van der Waals surface area contributed by atoms with Gasteiger partial charge in [0.15, 0.2) is 5.65 Å². The van der Waals surface area contributed by atoms with Crippen molar-refractivity contribution in [2.45, 2.75) is 45.6 Å². The first-order valence-electron chi connectivity index (χ1n) is 11.7. The molecule has 1 aromatic carbocycles. The number of hydrogen-bond donors (Lipinski definition) is 3. The molecule has 9 heteroatoms. The van der Waals surface area contributed by atoms with Crippen molar-refractivity contribution in [2.24, 2.45) is 5.41 Å². The minimum absolute atomic E-state index is 0.172. The van der Waals surface area contributed by atoms with Gasteiger partial charge in [-0.05, 0) is 57.7 Å². The van der Waals surface area contributed by atoms with E-state index >= 15 is 0 Å². The molecule has 4 heterocycles. The highest BCUT2D eigenvalue weighted by Crippen LogP contribution is 2.39. The van der Waals surface area contributed by atoms with E-state index in [1.165, 1.54) is 0 Å². The molecule has 3 aromatic rings. The topological polar surface area (TPSA) is 112 Å². The van der Waals surface area contributed by atoms with Crippen molar-refractivity contribution < 1.29 is 14.7 Å². The molecule has 0 saturated carbocycles. The third-order valence-corrected chi connectivity index (χ3v) is 7.04. The molecule has 5 rings (SSSR count). The molecule has 1 spiro atoms.